The fourth-order valence-electron chi connectivity index (χ4n) is 2.37. The van der Waals surface area contributed by atoms with Crippen LogP contribution in [0.15, 0.2) is 6.20 Å². The van der Waals surface area contributed by atoms with Crippen molar-refractivity contribution < 1.29 is 0 Å². The summed E-state index contributed by atoms with van der Waals surface area (Å²) < 4.78 is 3.83. The Kier molecular flexibility index (Phi) is 5.18. The van der Waals surface area contributed by atoms with Gasteiger partial charge in [0.05, 0.1) is 11.4 Å². The normalized spacial score (nSPS) is 10.8. The molecule has 2 aromatic rings. The second kappa shape index (κ2) is 6.91. The molecule has 120 valence electrons. The maximum Gasteiger partial charge on any atom is 0.166 e. The highest BCUT2D eigenvalue weighted by Crippen LogP contribution is 2.11. The van der Waals surface area contributed by atoms with Crippen LogP contribution in [-0.4, -0.2) is 24.7 Å². The van der Waals surface area contributed by atoms with Crippen LogP contribution >= 0.6 is 12.2 Å². The van der Waals surface area contributed by atoms with E-state index in [0.29, 0.717) is 18.2 Å². The van der Waals surface area contributed by atoms with E-state index in [1.54, 1.807) is 0 Å². The summed E-state index contributed by atoms with van der Waals surface area (Å²) in [6.45, 7) is 10.4. The highest BCUT2D eigenvalue weighted by Gasteiger charge is 2.10. The van der Waals surface area contributed by atoms with Crippen molar-refractivity contribution in [2.24, 2.45) is 7.05 Å². The van der Waals surface area contributed by atoms with Gasteiger partial charge in [0.15, 0.2) is 5.11 Å². The third-order valence-electron chi connectivity index (χ3n) is 3.90. The van der Waals surface area contributed by atoms with E-state index in [0.717, 1.165) is 23.6 Å². The first kappa shape index (κ1) is 16.5. The largest absolute Gasteiger partial charge is 0.359 e. The van der Waals surface area contributed by atoms with Crippen LogP contribution in [0.2, 0.25) is 0 Å². The molecule has 0 aliphatic rings. The lowest BCUT2D eigenvalue weighted by molar-refractivity contribution is 0.653. The topological polar surface area (TPSA) is 59.7 Å². The summed E-state index contributed by atoms with van der Waals surface area (Å²) >= 11 is 5.35. The van der Waals surface area contributed by atoms with Crippen LogP contribution in [0.3, 0.4) is 0 Å². The molecule has 2 aromatic heterocycles. The van der Waals surface area contributed by atoms with Crippen molar-refractivity contribution in [1.82, 2.24) is 30.2 Å². The summed E-state index contributed by atoms with van der Waals surface area (Å²) in [4.78, 5) is 0. The van der Waals surface area contributed by atoms with Gasteiger partial charge in [0.25, 0.3) is 0 Å². The maximum absolute atomic E-state index is 5.35. The molecule has 2 N–H and O–H groups in total. The molecule has 0 fully saturated rings. The summed E-state index contributed by atoms with van der Waals surface area (Å²) in [7, 11) is 1.95. The van der Waals surface area contributed by atoms with Gasteiger partial charge in [-0.25, -0.2) is 0 Å². The van der Waals surface area contributed by atoms with Crippen molar-refractivity contribution in [2.45, 2.75) is 47.3 Å². The summed E-state index contributed by atoms with van der Waals surface area (Å²) in [6, 6.07) is 0. The molecule has 2 rings (SSSR count). The number of nitrogens with one attached hydrogen (secondary N) is 2. The third-order valence-corrected chi connectivity index (χ3v) is 4.18. The first-order valence-corrected chi connectivity index (χ1v) is 7.86. The zero-order chi connectivity index (χ0) is 16.3. The van der Waals surface area contributed by atoms with Gasteiger partial charge in [0, 0.05) is 49.7 Å². The molecule has 0 aliphatic heterocycles. The lowest BCUT2D eigenvalue weighted by atomic mass is 10.2. The summed E-state index contributed by atoms with van der Waals surface area (Å²) in [5.74, 6) is 0. The zero-order valence-corrected chi connectivity index (χ0v) is 14.7. The monoisotopic (exact) mass is 320 g/mol. The smallest absolute Gasteiger partial charge is 0.166 e. The van der Waals surface area contributed by atoms with E-state index in [9.17, 15) is 0 Å². The Morgan fingerprint density at radius 2 is 1.82 bits per heavy atom. The molecule has 0 aliphatic carbocycles. The van der Waals surface area contributed by atoms with Crippen molar-refractivity contribution >= 4 is 17.3 Å². The lowest BCUT2D eigenvalue weighted by Crippen LogP contribution is -2.34. The van der Waals surface area contributed by atoms with Gasteiger partial charge in [0.1, 0.15) is 0 Å². The van der Waals surface area contributed by atoms with Crippen LogP contribution in [-0.2, 0) is 26.7 Å². The molecular formula is C15H24N6S. The molecule has 0 spiro atoms. The second-order valence-corrected chi connectivity index (χ2v) is 5.81. The van der Waals surface area contributed by atoms with Gasteiger partial charge in [-0.05, 0) is 39.9 Å². The van der Waals surface area contributed by atoms with Gasteiger partial charge in [-0.3, -0.25) is 9.36 Å². The molecule has 0 atom stereocenters. The number of thiocarbonyl (C=S) groups is 1. The Balaban J connectivity index is 1.86. The fraction of sp³-hybridized carbons (Fsp3) is 0.533. The average molecular weight is 320 g/mol. The van der Waals surface area contributed by atoms with Gasteiger partial charge in [-0.15, -0.1) is 0 Å². The van der Waals surface area contributed by atoms with Crippen LogP contribution in [0.1, 0.15) is 35.1 Å². The van der Waals surface area contributed by atoms with Crippen molar-refractivity contribution in [3.63, 3.8) is 0 Å². The van der Waals surface area contributed by atoms with Crippen LogP contribution in [0.5, 0.6) is 0 Å². The SMILES string of the molecule is CCn1cc(CNC(=S)NCc2c(C)nn(C)c2C)c(C)n1. The lowest BCUT2D eigenvalue weighted by Gasteiger charge is -2.10. The van der Waals surface area contributed by atoms with Gasteiger partial charge >= 0.3 is 0 Å². The van der Waals surface area contributed by atoms with Crippen molar-refractivity contribution in [2.75, 3.05) is 0 Å². The van der Waals surface area contributed by atoms with E-state index in [1.165, 1.54) is 11.1 Å². The van der Waals surface area contributed by atoms with Crippen molar-refractivity contribution in [1.29, 1.82) is 0 Å². The number of nitrogens with zero attached hydrogens (tertiary/aromatic N) is 4. The molecular weight excluding hydrogens is 296 g/mol. The number of hydrogen-bond acceptors (Lipinski definition) is 3. The van der Waals surface area contributed by atoms with E-state index in [4.69, 9.17) is 12.2 Å². The number of hydrogen-bond donors (Lipinski definition) is 2. The second-order valence-electron chi connectivity index (χ2n) is 5.40. The van der Waals surface area contributed by atoms with E-state index >= 15 is 0 Å². The minimum atomic E-state index is 0.645. The molecule has 0 bridgehead atoms. The molecule has 0 saturated carbocycles. The molecule has 0 amide bonds. The van der Waals surface area contributed by atoms with E-state index in [2.05, 4.69) is 40.9 Å². The predicted octanol–water partition coefficient (Wildman–Crippen LogP) is 1.73. The van der Waals surface area contributed by atoms with Crippen LogP contribution in [0.4, 0.5) is 0 Å². The Labute approximate surface area is 136 Å². The first-order valence-electron chi connectivity index (χ1n) is 7.46. The maximum atomic E-state index is 5.35. The molecule has 0 unspecified atom stereocenters. The number of aryl methyl sites for hydroxylation is 4. The average Bonchev–Trinajstić information content (AvgIpc) is 2.95. The van der Waals surface area contributed by atoms with Crippen molar-refractivity contribution in [3.05, 3.63) is 34.4 Å². The van der Waals surface area contributed by atoms with E-state index in [1.807, 2.05) is 30.3 Å². The van der Waals surface area contributed by atoms with Crippen LogP contribution in [0.25, 0.3) is 0 Å². The van der Waals surface area contributed by atoms with Gasteiger partial charge < -0.3 is 10.6 Å². The van der Waals surface area contributed by atoms with Crippen LogP contribution < -0.4 is 10.6 Å². The Hall–Kier alpha value is -1.89. The van der Waals surface area contributed by atoms with Crippen molar-refractivity contribution in [3.8, 4) is 0 Å². The molecule has 7 heteroatoms. The van der Waals surface area contributed by atoms with Gasteiger partial charge in [-0.1, -0.05) is 0 Å². The number of aromatic nitrogens is 4. The Morgan fingerprint density at radius 3 is 2.36 bits per heavy atom. The first-order chi connectivity index (χ1) is 10.4. The Bertz CT molecular complexity index is 670. The Morgan fingerprint density at radius 1 is 1.14 bits per heavy atom. The zero-order valence-electron chi connectivity index (χ0n) is 13.9. The fourth-order valence-corrected chi connectivity index (χ4v) is 2.52. The van der Waals surface area contributed by atoms with Crippen LogP contribution in [0, 0.1) is 20.8 Å². The highest BCUT2D eigenvalue weighted by molar-refractivity contribution is 7.80. The quantitative estimate of drug-likeness (QED) is 0.822. The molecule has 2 heterocycles. The minimum absolute atomic E-state index is 0.645. The molecule has 0 aromatic carbocycles. The predicted molar refractivity (Wildman–Crippen MR) is 91.6 cm³/mol. The highest BCUT2D eigenvalue weighted by atomic mass is 32.1. The summed E-state index contributed by atoms with van der Waals surface area (Å²) in [5, 5.41) is 16.0. The number of rotatable bonds is 5. The molecule has 6 nitrogen and oxygen atoms in total. The minimum Gasteiger partial charge on any atom is -0.359 e. The van der Waals surface area contributed by atoms with Gasteiger partial charge in [-0.2, -0.15) is 10.2 Å². The third kappa shape index (κ3) is 3.65. The standard InChI is InChI=1S/C15H24N6S/c1-6-21-9-13(10(2)19-21)7-16-15(22)17-8-14-11(3)18-20(5)12(14)4/h9H,6-8H2,1-5H3,(H2,16,17,22). The molecule has 0 radical (unpaired) electrons. The van der Waals surface area contributed by atoms with Gasteiger partial charge in [0.2, 0.25) is 0 Å². The molecule has 22 heavy (non-hydrogen) atoms. The van der Waals surface area contributed by atoms with E-state index in [-0.39, 0.29) is 0 Å². The summed E-state index contributed by atoms with van der Waals surface area (Å²) in [6.07, 6.45) is 2.06. The molecule has 0 saturated heterocycles. The van der Waals surface area contributed by atoms with E-state index < -0.39 is 0 Å². The summed E-state index contributed by atoms with van der Waals surface area (Å²) in [5.41, 5.74) is 5.60.